The van der Waals surface area contributed by atoms with Crippen molar-refractivity contribution in [3.63, 3.8) is 0 Å². The molecule has 1 saturated heterocycles. The number of nitrogens with zero attached hydrogens (tertiary/aromatic N) is 3. The molecule has 4 rings (SSSR count). The van der Waals surface area contributed by atoms with Crippen molar-refractivity contribution in [2.75, 3.05) is 0 Å². The Morgan fingerprint density at radius 3 is 2.41 bits per heavy atom. The van der Waals surface area contributed by atoms with Gasteiger partial charge in [0.15, 0.2) is 0 Å². The van der Waals surface area contributed by atoms with Gasteiger partial charge >= 0.3 is 6.03 Å². The second kappa shape index (κ2) is 5.90. The summed E-state index contributed by atoms with van der Waals surface area (Å²) in [4.78, 5) is 36.0. The van der Waals surface area contributed by atoms with Gasteiger partial charge in [-0.05, 0) is 45.9 Å². The summed E-state index contributed by atoms with van der Waals surface area (Å²) in [6.45, 7) is 7.20. The topological polar surface area (TPSA) is 88.3 Å². The average molecular weight is 364 g/mol. The first kappa shape index (κ1) is 17.2. The molecule has 1 N–H and O–H groups in total. The molecule has 1 aliphatic heterocycles. The summed E-state index contributed by atoms with van der Waals surface area (Å²) in [6, 6.07) is 8.86. The summed E-state index contributed by atoms with van der Waals surface area (Å²) in [5.74, 6) is 0.985. The van der Waals surface area contributed by atoms with Gasteiger partial charge in [-0.2, -0.15) is 0 Å². The smallest absolute Gasteiger partial charge is 0.325 e. The fourth-order valence-electron chi connectivity index (χ4n) is 3.57. The number of aromatic nitrogens is 2. The molecule has 3 heterocycles. The van der Waals surface area contributed by atoms with Crippen LogP contribution in [-0.4, -0.2) is 26.8 Å². The third kappa shape index (κ3) is 2.66. The number of aryl methyl sites for hydroxylation is 3. The zero-order valence-corrected chi connectivity index (χ0v) is 15.7. The first-order chi connectivity index (χ1) is 12.8. The highest BCUT2D eigenvalue weighted by Crippen LogP contribution is 2.33. The minimum atomic E-state index is -1.16. The van der Waals surface area contributed by atoms with Gasteiger partial charge in [0.1, 0.15) is 17.1 Å². The summed E-state index contributed by atoms with van der Waals surface area (Å²) in [6.07, 6.45) is 0. The van der Waals surface area contributed by atoms with Gasteiger partial charge in [0.25, 0.3) is 5.91 Å². The average Bonchev–Trinajstić information content (AvgIpc) is 3.07. The molecule has 0 spiro atoms. The molecular weight excluding hydrogens is 344 g/mol. The summed E-state index contributed by atoms with van der Waals surface area (Å²) in [7, 11) is 0. The second-order valence-electron chi connectivity index (χ2n) is 7.02. The third-order valence-electron chi connectivity index (χ3n) is 5.01. The minimum absolute atomic E-state index is 0.0693. The molecule has 1 fully saturated rings. The van der Waals surface area contributed by atoms with Crippen molar-refractivity contribution in [1.82, 2.24) is 20.2 Å². The Bertz CT molecular complexity index is 1090. The minimum Gasteiger partial charge on any atom is -0.466 e. The zero-order valence-electron chi connectivity index (χ0n) is 15.7. The van der Waals surface area contributed by atoms with Crippen LogP contribution >= 0.6 is 0 Å². The standard InChI is InChI=1S/C20H20N4O3/c1-11-9-14(13(3)27-11)20(4)18(25)24(19(26)23-20)10-17-12(2)21-15-7-5-6-8-16(15)22-17/h5-9H,10H2,1-4H3,(H,23,26). The van der Waals surface area contributed by atoms with E-state index in [1.54, 1.807) is 19.9 Å². The Labute approximate surface area is 156 Å². The van der Waals surface area contributed by atoms with Crippen molar-refractivity contribution in [3.8, 4) is 0 Å². The predicted molar refractivity (Wildman–Crippen MR) is 98.9 cm³/mol. The van der Waals surface area contributed by atoms with Crippen molar-refractivity contribution in [3.05, 3.63) is 58.8 Å². The maximum absolute atomic E-state index is 13.1. The van der Waals surface area contributed by atoms with E-state index < -0.39 is 11.6 Å². The van der Waals surface area contributed by atoms with Gasteiger partial charge in [-0.1, -0.05) is 12.1 Å². The molecule has 1 aliphatic rings. The van der Waals surface area contributed by atoms with Gasteiger partial charge in [-0.25, -0.2) is 14.8 Å². The van der Waals surface area contributed by atoms with Crippen molar-refractivity contribution in [1.29, 1.82) is 0 Å². The number of rotatable bonds is 3. The number of imide groups is 1. The largest absolute Gasteiger partial charge is 0.466 e. The molecule has 0 aliphatic carbocycles. The Balaban J connectivity index is 1.69. The van der Waals surface area contributed by atoms with Crippen molar-refractivity contribution in [2.45, 2.75) is 39.8 Å². The first-order valence-corrected chi connectivity index (χ1v) is 8.73. The van der Waals surface area contributed by atoms with Crippen LogP contribution in [0.15, 0.2) is 34.7 Å². The Kier molecular flexibility index (Phi) is 3.76. The quantitative estimate of drug-likeness (QED) is 0.722. The van der Waals surface area contributed by atoms with Crippen molar-refractivity contribution >= 4 is 23.0 Å². The number of urea groups is 1. The van der Waals surface area contributed by atoms with Gasteiger partial charge in [0, 0.05) is 5.56 Å². The first-order valence-electron chi connectivity index (χ1n) is 8.73. The summed E-state index contributed by atoms with van der Waals surface area (Å²) >= 11 is 0. The lowest BCUT2D eigenvalue weighted by atomic mass is 9.92. The predicted octanol–water partition coefficient (Wildman–Crippen LogP) is 3.12. The van der Waals surface area contributed by atoms with Crippen LogP contribution in [0.25, 0.3) is 11.0 Å². The fraction of sp³-hybridized carbons (Fsp3) is 0.300. The lowest BCUT2D eigenvalue weighted by molar-refractivity contribution is -0.131. The molecule has 138 valence electrons. The van der Waals surface area contributed by atoms with Crippen LogP contribution in [0.3, 0.4) is 0 Å². The Morgan fingerprint density at radius 1 is 1.11 bits per heavy atom. The van der Waals surface area contributed by atoms with Crippen LogP contribution in [0.4, 0.5) is 4.79 Å². The molecule has 1 unspecified atom stereocenters. The fourth-order valence-corrected chi connectivity index (χ4v) is 3.57. The van der Waals surface area contributed by atoms with Gasteiger partial charge in [-0.3, -0.25) is 9.69 Å². The SMILES string of the molecule is Cc1cc(C2(C)NC(=O)N(Cc3nc4ccccc4nc3C)C2=O)c(C)o1. The number of para-hydroxylation sites is 2. The number of benzene rings is 1. The molecule has 1 aromatic carbocycles. The highest BCUT2D eigenvalue weighted by atomic mass is 16.3. The van der Waals surface area contributed by atoms with Crippen LogP contribution in [0.2, 0.25) is 0 Å². The molecule has 7 nitrogen and oxygen atoms in total. The van der Waals surface area contributed by atoms with Crippen molar-refractivity contribution < 1.29 is 14.0 Å². The molecule has 1 atom stereocenters. The lowest BCUT2D eigenvalue weighted by Crippen LogP contribution is -2.41. The van der Waals surface area contributed by atoms with Gasteiger partial charge < -0.3 is 9.73 Å². The number of nitrogens with one attached hydrogen (secondary N) is 1. The van der Waals surface area contributed by atoms with E-state index in [-0.39, 0.29) is 12.5 Å². The maximum Gasteiger partial charge on any atom is 0.325 e. The molecule has 3 aromatic rings. The van der Waals surface area contributed by atoms with Crippen molar-refractivity contribution in [2.24, 2.45) is 0 Å². The monoisotopic (exact) mass is 364 g/mol. The number of hydrogen-bond acceptors (Lipinski definition) is 5. The van der Waals surface area contributed by atoms with Crippen LogP contribution in [0.1, 0.15) is 35.4 Å². The summed E-state index contributed by atoms with van der Waals surface area (Å²) < 4.78 is 5.55. The highest BCUT2D eigenvalue weighted by Gasteiger charge is 2.50. The van der Waals surface area contributed by atoms with Gasteiger partial charge in [0.05, 0.1) is 29.0 Å². The number of fused-ring (bicyclic) bond motifs is 1. The lowest BCUT2D eigenvalue weighted by Gasteiger charge is -2.21. The molecule has 7 heteroatoms. The van der Waals surface area contributed by atoms with Crippen LogP contribution in [-0.2, 0) is 16.9 Å². The number of carbonyl (C=O) groups is 2. The molecule has 27 heavy (non-hydrogen) atoms. The van der Waals surface area contributed by atoms with Crippen LogP contribution in [0.5, 0.6) is 0 Å². The Morgan fingerprint density at radius 2 is 1.78 bits per heavy atom. The van der Waals surface area contributed by atoms with Crippen LogP contribution in [0, 0.1) is 20.8 Å². The summed E-state index contributed by atoms with van der Waals surface area (Å²) in [5, 5.41) is 2.81. The number of amides is 3. The number of hydrogen-bond donors (Lipinski definition) is 1. The normalized spacial score (nSPS) is 19.8. The van der Waals surface area contributed by atoms with E-state index in [9.17, 15) is 9.59 Å². The Hall–Kier alpha value is -3.22. The van der Waals surface area contributed by atoms with E-state index >= 15 is 0 Å². The maximum atomic E-state index is 13.1. The molecular formula is C20H20N4O3. The number of carbonyl (C=O) groups excluding carboxylic acids is 2. The van der Waals surface area contributed by atoms with E-state index in [1.165, 1.54) is 4.90 Å². The zero-order chi connectivity index (χ0) is 19.3. The molecule has 0 bridgehead atoms. The van der Waals surface area contributed by atoms with E-state index in [0.717, 1.165) is 11.0 Å². The number of furan rings is 1. The molecule has 0 saturated carbocycles. The molecule has 0 radical (unpaired) electrons. The molecule has 2 aromatic heterocycles. The van der Waals surface area contributed by atoms with Gasteiger partial charge in [-0.15, -0.1) is 0 Å². The summed E-state index contributed by atoms with van der Waals surface area (Å²) in [5.41, 5.74) is 2.32. The van der Waals surface area contributed by atoms with Crippen LogP contribution < -0.4 is 5.32 Å². The van der Waals surface area contributed by atoms with E-state index in [0.29, 0.717) is 28.5 Å². The van der Waals surface area contributed by atoms with E-state index in [1.807, 2.05) is 38.1 Å². The molecule has 3 amide bonds. The van der Waals surface area contributed by atoms with Gasteiger partial charge in [0.2, 0.25) is 0 Å². The van der Waals surface area contributed by atoms with E-state index in [2.05, 4.69) is 15.3 Å². The van der Waals surface area contributed by atoms with E-state index in [4.69, 9.17) is 4.42 Å². The third-order valence-corrected chi connectivity index (χ3v) is 5.01. The highest BCUT2D eigenvalue weighted by molar-refractivity contribution is 6.07. The second-order valence-corrected chi connectivity index (χ2v) is 7.02.